The molecule has 670 valence electrons. The first kappa shape index (κ1) is 90.7. The molecular formula is C87H102Cl2N10O26. The van der Waals surface area contributed by atoms with Gasteiger partial charge in [0.25, 0.3) is 0 Å². The number of fused-ring (bicyclic) bond motifs is 15. The van der Waals surface area contributed by atoms with E-state index in [1.807, 2.05) is 13.8 Å². The number of carbonyl (C=O) groups is 9. The molecule has 0 aromatic heterocycles. The van der Waals surface area contributed by atoms with Gasteiger partial charge in [-0.3, -0.25) is 48.5 Å². The van der Waals surface area contributed by atoms with Crippen LogP contribution in [-0.4, -0.2) is 218 Å². The standard InChI is InChI=1S/C87H102Cl2N10O26/c1-36(2)19-53(91-5)79(111)98-70-72(106)42-10-15-57(51(88)27-42)121-59-29-46-30-60(76(59)125-86-77(75(109)74(108)61(35-100)123-86)124-64-34-87(4,90)78(110)37(3)120-64)122-58-16-11-43(28-52(58)89)73(107)71-85(117)97-69(83(115)94-66-44-21-39-20-40(23-44)24-45(66)22-39)50-31-47(101)32-56(103)65(50)49-26-41(9-14-55(49)102)67(81(113)99-71)96-82(114)68(46)95-80(112)54(92-84(70)116)33-63(105)93-62(104)25-38-7-12-48(13-8-38)119-18-17-118-6/h7-16,26-32,36-37,39-40,44-45,53-54,61,64,66-75,77-78,86,91,100-103,106-110H,17-25,33-35,90H2,1-6H3,(H,92,116)(H,94,115)(H,95,112)(H,96,114)(H,97,117)(H,98,111)(H,99,113)(H,93,104,105)/t37-,39?,40?,44?,45?,53+,54-,61+,64-,66?,67+,68+,69-,70+,71-,72+,73+,74+,75-,77+,78+,86-,87-/m0/s1. The molecule has 15 bridgehead atoms. The van der Waals surface area contributed by atoms with Gasteiger partial charge in [0.05, 0.1) is 54.4 Å². The van der Waals surface area contributed by atoms with Crippen molar-refractivity contribution in [3.63, 3.8) is 0 Å². The maximum Gasteiger partial charge on any atom is 0.248 e. The minimum atomic E-state index is -2.42. The average molecular weight is 1770 g/mol. The molecular weight excluding hydrogens is 1670 g/mol. The summed E-state index contributed by atoms with van der Waals surface area (Å²) in [5.41, 5.74) is 3.28. The molecule has 7 heterocycles. The van der Waals surface area contributed by atoms with Crippen molar-refractivity contribution in [1.29, 1.82) is 0 Å². The van der Waals surface area contributed by atoms with E-state index in [1.54, 1.807) is 24.3 Å². The highest BCUT2D eigenvalue weighted by Gasteiger charge is 2.53. The molecule has 0 spiro atoms. The van der Waals surface area contributed by atoms with Crippen molar-refractivity contribution in [2.24, 2.45) is 35.3 Å². The number of aliphatic hydroxyl groups excluding tert-OH is 6. The number of halogens is 2. The smallest absolute Gasteiger partial charge is 0.248 e. The first-order chi connectivity index (χ1) is 59.5. The number of aliphatic hydroxyl groups is 6. The largest absolute Gasteiger partial charge is 0.508 e. The van der Waals surface area contributed by atoms with Crippen LogP contribution in [0.1, 0.15) is 143 Å². The summed E-state index contributed by atoms with van der Waals surface area (Å²) >= 11 is 14.5. The lowest BCUT2D eigenvalue weighted by molar-refractivity contribution is -0.333. The molecule has 7 aliphatic heterocycles. The molecule has 17 rings (SSSR count). The Morgan fingerprint density at radius 3 is 1.90 bits per heavy atom. The number of rotatable bonds is 20. The quantitative estimate of drug-likeness (QED) is 0.0487. The second kappa shape index (κ2) is 37.9. The highest BCUT2D eigenvalue weighted by atomic mass is 35.5. The van der Waals surface area contributed by atoms with Crippen molar-refractivity contribution < 1.29 is 127 Å². The molecule has 9 amide bonds. The first-order valence-electron chi connectivity index (χ1n) is 41.3. The van der Waals surface area contributed by atoms with Gasteiger partial charge in [-0.2, -0.15) is 0 Å². The Morgan fingerprint density at radius 2 is 1.28 bits per heavy atom. The monoisotopic (exact) mass is 1770 g/mol. The summed E-state index contributed by atoms with van der Waals surface area (Å²) < 4.78 is 49.8. The number of likely N-dealkylation sites (N-methyl/N-ethyl adjacent to an activating group) is 1. The number of carbonyl (C=O) groups excluding carboxylic acids is 9. The van der Waals surface area contributed by atoms with Crippen molar-refractivity contribution in [1.82, 2.24) is 47.9 Å². The van der Waals surface area contributed by atoms with Crippen LogP contribution < -0.4 is 72.5 Å². The van der Waals surface area contributed by atoms with E-state index >= 15 is 28.8 Å². The third-order valence-corrected chi connectivity index (χ3v) is 25.0. The number of benzene rings is 6. The number of amides is 9. The number of hydrogen-bond donors (Lipinski definition) is 19. The van der Waals surface area contributed by atoms with Gasteiger partial charge in [0.1, 0.15) is 108 Å². The van der Waals surface area contributed by atoms with Gasteiger partial charge in [-0.05, 0) is 189 Å². The van der Waals surface area contributed by atoms with Crippen LogP contribution in [0.5, 0.6) is 51.7 Å². The van der Waals surface area contributed by atoms with Crippen molar-refractivity contribution >= 4 is 76.4 Å². The number of nitrogens with one attached hydrogen (secondary N) is 9. The van der Waals surface area contributed by atoms with Crippen molar-refractivity contribution in [3.8, 4) is 62.9 Å². The van der Waals surface area contributed by atoms with Gasteiger partial charge in [-0.15, -0.1) is 0 Å². The summed E-state index contributed by atoms with van der Waals surface area (Å²) in [4.78, 5) is 139. The maximum atomic E-state index is 16.7. The molecule has 6 aromatic rings. The summed E-state index contributed by atoms with van der Waals surface area (Å²) in [5, 5.41) is 130. The Balaban J connectivity index is 0.955. The number of phenols is 3. The fourth-order valence-corrected chi connectivity index (χ4v) is 18.7. The number of methoxy groups -OCH3 is 1. The van der Waals surface area contributed by atoms with Crippen LogP contribution in [0.2, 0.25) is 10.0 Å². The lowest BCUT2D eigenvalue weighted by atomic mass is 9.54. The Labute approximate surface area is 727 Å². The summed E-state index contributed by atoms with van der Waals surface area (Å²) in [7, 11) is 2.97. The van der Waals surface area contributed by atoms with E-state index < -0.39 is 233 Å². The topological polar surface area (TPSA) is 544 Å². The van der Waals surface area contributed by atoms with Gasteiger partial charge in [0.15, 0.2) is 23.9 Å². The van der Waals surface area contributed by atoms with Gasteiger partial charge in [0.2, 0.25) is 65.2 Å². The van der Waals surface area contributed by atoms with Gasteiger partial charge in [-0.25, -0.2) is 0 Å². The lowest BCUT2D eigenvalue weighted by Gasteiger charge is -2.54. The zero-order chi connectivity index (χ0) is 89.5. The van der Waals surface area contributed by atoms with E-state index in [-0.39, 0.29) is 93.7 Å². The van der Waals surface area contributed by atoms with Gasteiger partial charge in [-0.1, -0.05) is 67.4 Å². The number of nitrogens with two attached hydrogens (primary N) is 1. The Hall–Kier alpha value is -10.6. The normalized spacial score (nSPS) is 30.3. The number of ether oxygens (including phenoxy) is 8. The Morgan fingerprint density at radius 1 is 0.656 bits per heavy atom. The summed E-state index contributed by atoms with van der Waals surface area (Å²) in [6.07, 6.45) is -15.0. The zero-order valence-electron chi connectivity index (χ0n) is 68.9. The van der Waals surface area contributed by atoms with E-state index in [2.05, 4.69) is 47.9 Å². The van der Waals surface area contributed by atoms with Gasteiger partial charge < -0.3 is 132 Å². The minimum absolute atomic E-state index is 0.0534. The van der Waals surface area contributed by atoms with Crippen LogP contribution in [0.3, 0.4) is 0 Å². The third-order valence-electron chi connectivity index (χ3n) is 24.4. The predicted molar refractivity (Wildman–Crippen MR) is 442 cm³/mol. The second-order valence-corrected chi connectivity index (χ2v) is 34.8. The SMILES string of the molecule is CN[C@H](CC(C)C)C(=O)N[C@H]1C(=O)N[C@@H](CC(=O)NC(=O)Cc2ccc(OCCOC)cc2)C(=O)N[C@H]2C(=O)N[C@H]3C(=O)N[C@H](C(=O)N[C@H](C(=O)NC4C5CC6CC(C5)CC4C6)c4cc(O)cc(O)c4-c4cc3ccc4O)[C@H](O)c3ccc(c(Cl)c3)Oc3cc2cc(c3O[C@@H]2O[C@H](CO)[C@@H](O)[C@H](O)[C@H]2O[C@H]2C[C@](C)(N)[C@H](O)[C@H](C)O2)Oc2ccc(cc2Cl)[C@H]1O. The molecule has 36 nitrogen and oxygen atoms in total. The van der Waals surface area contributed by atoms with Gasteiger partial charge in [0, 0.05) is 42.3 Å². The molecule has 18 atom stereocenters. The van der Waals surface area contributed by atoms with Crippen LogP contribution in [0.4, 0.5) is 0 Å². The number of imide groups is 1. The maximum absolute atomic E-state index is 16.7. The number of hydrogen-bond acceptors (Lipinski definition) is 28. The molecule has 6 aromatic carbocycles. The average Bonchev–Trinajstić information content (AvgIpc) is 0.731. The molecule has 38 heteroatoms. The number of phenolic OH excluding ortho intramolecular Hbond substituents is 3. The number of aromatic hydroxyl groups is 3. The van der Waals surface area contributed by atoms with Gasteiger partial charge >= 0.3 is 0 Å². The molecule has 0 unspecified atom stereocenters. The van der Waals surface area contributed by atoms with Crippen LogP contribution in [-0.2, 0) is 68.5 Å². The summed E-state index contributed by atoms with van der Waals surface area (Å²) in [5.74, 6) is -14.2. The van der Waals surface area contributed by atoms with E-state index in [1.165, 1.54) is 52.3 Å². The van der Waals surface area contributed by atoms with Crippen LogP contribution in [0.15, 0.2) is 103 Å². The molecule has 125 heavy (non-hydrogen) atoms. The molecule has 6 fully saturated rings. The zero-order valence-corrected chi connectivity index (χ0v) is 70.4. The van der Waals surface area contributed by atoms with Crippen molar-refractivity contribution in [2.75, 3.05) is 34.0 Å². The fraction of sp³-hybridized carbons (Fsp3) is 0.483. The van der Waals surface area contributed by atoms with Crippen LogP contribution >= 0.6 is 23.2 Å². The molecule has 2 saturated heterocycles. The highest BCUT2D eigenvalue weighted by molar-refractivity contribution is 6.32. The van der Waals surface area contributed by atoms with Crippen LogP contribution in [0, 0.1) is 29.6 Å². The predicted octanol–water partition coefficient (Wildman–Crippen LogP) is 3.39. The summed E-state index contributed by atoms with van der Waals surface area (Å²) in [6.45, 7) is 6.15. The van der Waals surface area contributed by atoms with Crippen molar-refractivity contribution in [2.45, 2.75) is 201 Å². The van der Waals surface area contributed by atoms with E-state index in [0.717, 1.165) is 86.7 Å². The molecule has 4 aliphatic carbocycles. The Bertz CT molecular complexity index is 5080. The first-order valence-corrected chi connectivity index (χ1v) is 42.1. The van der Waals surface area contributed by atoms with Crippen molar-refractivity contribution in [3.05, 3.63) is 147 Å². The third kappa shape index (κ3) is 19.8. The Kier molecular flexibility index (Phi) is 27.5. The molecule has 4 saturated carbocycles. The van der Waals surface area contributed by atoms with E-state index in [9.17, 15) is 60.3 Å². The minimum Gasteiger partial charge on any atom is -0.508 e. The summed E-state index contributed by atoms with van der Waals surface area (Å²) in [6, 6.07) is 6.07. The van der Waals surface area contributed by atoms with Crippen LogP contribution in [0.25, 0.3) is 11.1 Å². The molecule has 11 aliphatic rings. The molecule has 0 radical (unpaired) electrons. The van der Waals surface area contributed by atoms with E-state index in [0.29, 0.717) is 23.1 Å². The lowest BCUT2D eigenvalue weighted by Crippen LogP contribution is -2.64. The highest BCUT2D eigenvalue weighted by Crippen LogP contribution is 2.55. The second-order valence-electron chi connectivity index (χ2n) is 34.0. The fourth-order valence-electron chi connectivity index (χ4n) is 18.3. The molecule has 20 N–H and O–H groups in total. The van der Waals surface area contributed by atoms with E-state index in [4.69, 9.17) is 66.8 Å².